The Balaban J connectivity index is 2.26. The summed E-state index contributed by atoms with van der Waals surface area (Å²) >= 11 is 6.75. The number of rotatable bonds is 5. The minimum absolute atomic E-state index is 0.187. The number of aromatic amines is 1. The average Bonchev–Trinajstić information content (AvgIpc) is 3.06. The van der Waals surface area contributed by atoms with Crippen LogP contribution in [0.15, 0.2) is 17.5 Å². The van der Waals surface area contributed by atoms with Crippen molar-refractivity contribution in [3.8, 4) is 16.8 Å². The van der Waals surface area contributed by atoms with Gasteiger partial charge in [-0.2, -0.15) is 10.4 Å². The maximum atomic E-state index is 12.3. The van der Waals surface area contributed by atoms with Gasteiger partial charge in [0.1, 0.15) is 6.04 Å². The third-order valence-corrected chi connectivity index (χ3v) is 4.15. The molecule has 2 atom stereocenters. The van der Waals surface area contributed by atoms with Crippen LogP contribution in [0.5, 0.6) is 0 Å². The van der Waals surface area contributed by atoms with Crippen LogP contribution < -0.4 is 5.32 Å². The molecule has 2 unspecified atom stereocenters. The van der Waals surface area contributed by atoms with Gasteiger partial charge in [0, 0.05) is 6.04 Å². The standard InChI is InChI=1S/C13H15N5OS2/c1-8(5-6-14)15-12(19)9(2)18-11(16-17-13(18)20)10-4-3-7-21-10/h3-4,7-9H,5H2,1-2H3,(H,15,19)(H,17,20). The van der Waals surface area contributed by atoms with Gasteiger partial charge in [0.05, 0.1) is 17.4 Å². The summed E-state index contributed by atoms with van der Waals surface area (Å²) in [5.41, 5.74) is 0. The number of nitrogens with zero attached hydrogens (tertiary/aromatic N) is 3. The molecule has 2 aromatic rings. The van der Waals surface area contributed by atoms with E-state index in [4.69, 9.17) is 17.5 Å². The summed E-state index contributed by atoms with van der Waals surface area (Å²) in [5.74, 6) is 0.457. The largest absolute Gasteiger partial charge is 0.351 e. The molecule has 6 nitrogen and oxygen atoms in total. The number of carbonyl (C=O) groups excluding carboxylic acids is 1. The maximum absolute atomic E-state index is 12.3. The van der Waals surface area contributed by atoms with Gasteiger partial charge in [-0.25, -0.2) is 0 Å². The maximum Gasteiger partial charge on any atom is 0.243 e. The summed E-state index contributed by atoms with van der Waals surface area (Å²) in [6.07, 6.45) is 0.271. The van der Waals surface area contributed by atoms with E-state index in [0.29, 0.717) is 10.6 Å². The molecule has 0 aliphatic rings. The Hall–Kier alpha value is -1.98. The first-order valence-electron chi connectivity index (χ1n) is 6.42. The van der Waals surface area contributed by atoms with Crippen molar-refractivity contribution in [2.75, 3.05) is 0 Å². The van der Waals surface area contributed by atoms with Gasteiger partial charge in [-0.3, -0.25) is 14.5 Å². The van der Waals surface area contributed by atoms with Crippen LogP contribution in [-0.2, 0) is 4.79 Å². The summed E-state index contributed by atoms with van der Waals surface area (Å²) in [6.45, 7) is 3.56. The molecule has 21 heavy (non-hydrogen) atoms. The second kappa shape index (κ2) is 6.65. The van der Waals surface area contributed by atoms with Crippen molar-refractivity contribution in [3.63, 3.8) is 0 Å². The lowest BCUT2D eigenvalue weighted by atomic mass is 10.2. The van der Waals surface area contributed by atoms with E-state index < -0.39 is 6.04 Å². The van der Waals surface area contributed by atoms with Crippen molar-refractivity contribution >= 4 is 29.5 Å². The van der Waals surface area contributed by atoms with Crippen LogP contribution in [0.4, 0.5) is 0 Å². The van der Waals surface area contributed by atoms with Crippen LogP contribution in [-0.4, -0.2) is 26.7 Å². The molecule has 0 aliphatic carbocycles. The first-order valence-corrected chi connectivity index (χ1v) is 7.71. The lowest BCUT2D eigenvalue weighted by Gasteiger charge is -2.17. The molecule has 0 saturated carbocycles. The molecular weight excluding hydrogens is 306 g/mol. The Morgan fingerprint density at radius 3 is 3.05 bits per heavy atom. The zero-order chi connectivity index (χ0) is 15.4. The number of nitrogens with one attached hydrogen (secondary N) is 2. The molecule has 2 heterocycles. The lowest BCUT2D eigenvalue weighted by molar-refractivity contribution is -0.124. The van der Waals surface area contributed by atoms with E-state index in [2.05, 4.69) is 15.5 Å². The van der Waals surface area contributed by atoms with Gasteiger partial charge in [0.15, 0.2) is 10.6 Å². The number of amides is 1. The molecule has 0 aromatic carbocycles. The molecular formula is C13H15N5OS2. The zero-order valence-electron chi connectivity index (χ0n) is 11.7. The van der Waals surface area contributed by atoms with Crippen LogP contribution >= 0.6 is 23.6 Å². The Morgan fingerprint density at radius 2 is 2.43 bits per heavy atom. The number of carbonyl (C=O) groups is 1. The van der Waals surface area contributed by atoms with Gasteiger partial charge in [-0.05, 0) is 37.5 Å². The Bertz CT molecular complexity index is 710. The highest BCUT2D eigenvalue weighted by atomic mass is 32.1. The molecule has 0 radical (unpaired) electrons. The summed E-state index contributed by atoms with van der Waals surface area (Å²) in [5, 5.41) is 20.3. The number of thiophene rings is 1. The molecule has 0 spiro atoms. The zero-order valence-corrected chi connectivity index (χ0v) is 13.3. The molecule has 0 aliphatic heterocycles. The van der Waals surface area contributed by atoms with Crippen molar-refractivity contribution in [2.45, 2.75) is 32.4 Å². The van der Waals surface area contributed by atoms with E-state index in [-0.39, 0.29) is 18.4 Å². The molecule has 110 valence electrons. The van der Waals surface area contributed by atoms with Gasteiger partial charge >= 0.3 is 0 Å². The average molecular weight is 321 g/mol. The Labute approximate surface area is 131 Å². The smallest absolute Gasteiger partial charge is 0.243 e. The van der Waals surface area contributed by atoms with Gasteiger partial charge in [-0.1, -0.05) is 6.07 Å². The SMILES string of the molecule is CC(CC#N)NC(=O)C(C)n1c(-c2cccs2)n[nH]c1=S. The number of H-pyrrole nitrogens is 1. The molecule has 2 rings (SSSR count). The highest BCUT2D eigenvalue weighted by Crippen LogP contribution is 2.25. The minimum atomic E-state index is -0.505. The normalized spacial score (nSPS) is 13.4. The molecule has 1 amide bonds. The van der Waals surface area contributed by atoms with Crippen molar-refractivity contribution in [2.24, 2.45) is 0 Å². The van der Waals surface area contributed by atoms with Crippen LogP contribution in [0.3, 0.4) is 0 Å². The van der Waals surface area contributed by atoms with Crippen molar-refractivity contribution in [3.05, 3.63) is 22.3 Å². The summed E-state index contributed by atoms with van der Waals surface area (Å²) in [7, 11) is 0. The van der Waals surface area contributed by atoms with E-state index in [1.165, 1.54) is 11.3 Å². The van der Waals surface area contributed by atoms with Gasteiger partial charge in [0.25, 0.3) is 0 Å². The second-order valence-corrected chi connectivity index (χ2v) is 5.98. The number of nitriles is 1. The van der Waals surface area contributed by atoms with E-state index in [9.17, 15) is 4.79 Å². The van der Waals surface area contributed by atoms with Crippen molar-refractivity contribution in [1.82, 2.24) is 20.1 Å². The third-order valence-electron chi connectivity index (χ3n) is 3.00. The Morgan fingerprint density at radius 1 is 1.67 bits per heavy atom. The van der Waals surface area contributed by atoms with Gasteiger partial charge in [-0.15, -0.1) is 11.3 Å². The predicted octanol–water partition coefficient (Wildman–Crippen LogP) is 2.65. The molecule has 0 fully saturated rings. The Kier molecular flexibility index (Phi) is 4.88. The fourth-order valence-electron chi connectivity index (χ4n) is 1.91. The van der Waals surface area contributed by atoms with E-state index in [1.807, 2.05) is 23.6 Å². The van der Waals surface area contributed by atoms with Gasteiger partial charge < -0.3 is 5.32 Å². The van der Waals surface area contributed by atoms with E-state index in [1.54, 1.807) is 18.4 Å². The number of hydrogen-bond acceptors (Lipinski definition) is 5. The van der Waals surface area contributed by atoms with E-state index in [0.717, 1.165) is 4.88 Å². The highest BCUT2D eigenvalue weighted by Gasteiger charge is 2.22. The van der Waals surface area contributed by atoms with Gasteiger partial charge in [0.2, 0.25) is 5.91 Å². The summed E-state index contributed by atoms with van der Waals surface area (Å²) in [6, 6.07) is 5.17. The van der Waals surface area contributed by atoms with E-state index >= 15 is 0 Å². The molecule has 8 heteroatoms. The molecule has 0 saturated heterocycles. The lowest BCUT2D eigenvalue weighted by Crippen LogP contribution is -2.37. The summed E-state index contributed by atoms with van der Waals surface area (Å²) in [4.78, 5) is 13.2. The first kappa shape index (κ1) is 15.4. The molecule has 2 N–H and O–H groups in total. The molecule has 0 bridgehead atoms. The van der Waals surface area contributed by atoms with Crippen molar-refractivity contribution < 1.29 is 4.79 Å². The predicted molar refractivity (Wildman–Crippen MR) is 83.3 cm³/mol. The second-order valence-electron chi connectivity index (χ2n) is 4.65. The van der Waals surface area contributed by atoms with Crippen molar-refractivity contribution in [1.29, 1.82) is 5.26 Å². The molecule has 2 aromatic heterocycles. The van der Waals surface area contributed by atoms with Crippen LogP contribution in [0.2, 0.25) is 0 Å². The number of hydrogen-bond donors (Lipinski definition) is 2. The van der Waals surface area contributed by atoms with Crippen LogP contribution in [0.25, 0.3) is 10.7 Å². The topological polar surface area (TPSA) is 86.5 Å². The first-order chi connectivity index (χ1) is 10.0. The highest BCUT2D eigenvalue weighted by molar-refractivity contribution is 7.71. The fourth-order valence-corrected chi connectivity index (χ4v) is 2.91. The fraction of sp³-hybridized carbons (Fsp3) is 0.385. The minimum Gasteiger partial charge on any atom is -0.351 e. The summed E-state index contributed by atoms with van der Waals surface area (Å²) < 4.78 is 2.09. The van der Waals surface area contributed by atoms with Crippen LogP contribution in [0.1, 0.15) is 26.3 Å². The monoisotopic (exact) mass is 321 g/mol. The third kappa shape index (κ3) is 3.37. The quantitative estimate of drug-likeness (QED) is 0.829. The number of aromatic nitrogens is 3. The van der Waals surface area contributed by atoms with Crippen LogP contribution in [0, 0.1) is 16.1 Å².